The van der Waals surface area contributed by atoms with Crippen molar-refractivity contribution < 1.29 is 8.83 Å². The minimum atomic E-state index is -0.167. The predicted octanol–water partition coefficient (Wildman–Crippen LogP) is 20.3. The number of hydrogen-bond acceptors (Lipinski definition) is 4. The van der Waals surface area contributed by atoms with Gasteiger partial charge in [-0.05, 0) is 134 Å². The fourth-order valence-electron chi connectivity index (χ4n) is 11.8. The molecule has 0 saturated heterocycles. The van der Waals surface area contributed by atoms with E-state index in [9.17, 15) is 0 Å². The van der Waals surface area contributed by atoms with Crippen LogP contribution in [0.4, 0.5) is 17.1 Å². The number of anilines is 3. The van der Waals surface area contributed by atoms with Crippen LogP contribution in [0.15, 0.2) is 245 Å². The second-order valence-corrected chi connectivity index (χ2v) is 21.1. The van der Waals surface area contributed by atoms with Crippen LogP contribution in [0.1, 0.15) is 25.0 Å². The van der Waals surface area contributed by atoms with Gasteiger partial charge in [0, 0.05) is 75.3 Å². The number of benzene rings is 11. The summed E-state index contributed by atoms with van der Waals surface area (Å²) in [5.41, 5.74) is 21.2. The minimum absolute atomic E-state index is 0.167. The first-order valence-corrected chi connectivity index (χ1v) is 25.9. The lowest BCUT2D eigenvalue weighted by Crippen LogP contribution is -2.15. The summed E-state index contributed by atoms with van der Waals surface area (Å²) in [7, 11) is 0. The van der Waals surface area contributed by atoms with Crippen molar-refractivity contribution in [2.24, 2.45) is 0 Å². The fourth-order valence-corrected chi connectivity index (χ4v) is 12.9. The van der Waals surface area contributed by atoms with E-state index in [2.05, 4.69) is 237 Å². The predicted molar refractivity (Wildman–Crippen MR) is 308 cm³/mol. The maximum Gasteiger partial charge on any atom is 0.143 e. The molecule has 4 heteroatoms. The third kappa shape index (κ3) is 6.57. The van der Waals surface area contributed by atoms with Crippen molar-refractivity contribution in [3.05, 3.63) is 248 Å². The second-order valence-electron chi connectivity index (χ2n) is 20.0. The zero-order valence-electron chi connectivity index (χ0n) is 40.2. The quantitative estimate of drug-likeness (QED) is 0.159. The number of nitrogens with zero attached hydrogens (tertiary/aromatic N) is 1. The maximum absolute atomic E-state index is 6.49. The highest BCUT2D eigenvalue weighted by Gasteiger charge is 2.36. The van der Waals surface area contributed by atoms with Gasteiger partial charge in [0.05, 0.1) is 0 Å². The molecule has 0 amide bonds. The summed E-state index contributed by atoms with van der Waals surface area (Å²) in [6, 6.07) is 86.1. The van der Waals surface area contributed by atoms with E-state index in [4.69, 9.17) is 8.83 Å². The first-order valence-electron chi connectivity index (χ1n) is 25.0. The summed E-state index contributed by atoms with van der Waals surface area (Å²) in [6.45, 7) is 4.71. The molecule has 0 N–H and O–H groups in total. The Morgan fingerprint density at radius 3 is 1.42 bits per heavy atom. The van der Waals surface area contributed by atoms with Crippen molar-refractivity contribution >= 4 is 92.4 Å². The van der Waals surface area contributed by atoms with Gasteiger partial charge >= 0.3 is 0 Å². The molecule has 14 aromatic rings. The van der Waals surface area contributed by atoms with Crippen LogP contribution in [0.5, 0.6) is 0 Å². The first kappa shape index (κ1) is 41.8. The van der Waals surface area contributed by atoms with Crippen LogP contribution in [0.25, 0.3) is 120 Å². The molecule has 0 saturated carbocycles. The molecule has 11 aromatic carbocycles. The number of para-hydroxylation sites is 4. The van der Waals surface area contributed by atoms with E-state index < -0.39 is 0 Å². The molecule has 0 spiro atoms. The maximum atomic E-state index is 6.49. The fraction of sp³-hybridized carbons (Fsp3) is 0.0435. The number of furan rings is 2. The Kier molecular flexibility index (Phi) is 9.17. The zero-order chi connectivity index (χ0) is 48.4. The first-order chi connectivity index (χ1) is 35.9. The molecule has 0 bridgehead atoms. The Morgan fingerprint density at radius 1 is 0.315 bits per heavy atom. The van der Waals surface area contributed by atoms with Crippen LogP contribution in [-0.4, -0.2) is 0 Å². The van der Waals surface area contributed by atoms with Gasteiger partial charge < -0.3 is 13.7 Å². The van der Waals surface area contributed by atoms with Gasteiger partial charge in [-0.15, -0.1) is 11.3 Å². The Balaban J connectivity index is 0.786. The molecule has 344 valence electrons. The van der Waals surface area contributed by atoms with E-state index >= 15 is 0 Å². The van der Waals surface area contributed by atoms with E-state index in [0.717, 1.165) is 77.6 Å². The molecule has 0 radical (unpaired) electrons. The van der Waals surface area contributed by atoms with E-state index in [1.54, 1.807) is 0 Å². The third-order valence-corrected chi connectivity index (χ3v) is 16.7. The molecule has 0 aliphatic heterocycles. The second kappa shape index (κ2) is 16.0. The van der Waals surface area contributed by atoms with E-state index in [0.29, 0.717) is 0 Å². The van der Waals surface area contributed by atoms with Gasteiger partial charge in [-0.3, -0.25) is 0 Å². The molecule has 73 heavy (non-hydrogen) atoms. The molecule has 1 aliphatic carbocycles. The van der Waals surface area contributed by atoms with Gasteiger partial charge in [-0.2, -0.15) is 0 Å². The summed E-state index contributed by atoms with van der Waals surface area (Å²) < 4.78 is 15.6. The van der Waals surface area contributed by atoms with Gasteiger partial charge in [-0.25, -0.2) is 0 Å². The SMILES string of the molecule is CC1(C)c2ccc(-c3ccc(N(c4ccc(-c5ccc6sc7ccccc7c6c5)cc4)c4ccc(-c5cccc6c5oc5ccccc56)cc4)cc3)cc2-c2ccc(-c3cccc4c3oc3ccccc34)cc21. The van der Waals surface area contributed by atoms with Gasteiger partial charge in [0.1, 0.15) is 22.3 Å². The lowest BCUT2D eigenvalue weighted by molar-refractivity contribution is 0.660. The number of rotatable bonds is 7. The van der Waals surface area contributed by atoms with E-state index in [1.165, 1.54) is 70.2 Å². The molecule has 0 atom stereocenters. The van der Waals surface area contributed by atoms with Crippen LogP contribution in [-0.2, 0) is 5.41 Å². The summed E-state index contributed by atoms with van der Waals surface area (Å²) >= 11 is 1.86. The van der Waals surface area contributed by atoms with Gasteiger partial charge in [-0.1, -0.05) is 172 Å². The topological polar surface area (TPSA) is 29.5 Å². The van der Waals surface area contributed by atoms with Gasteiger partial charge in [0.15, 0.2) is 0 Å². The summed E-state index contributed by atoms with van der Waals surface area (Å²) in [5, 5.41) is 7.18. The molecule has 3 aromatic heterocycles. The summed E-state index contributed by atoms with van der Waals surface area (Å²) in [6.07, 6.45) is 0. The largest absolute Gasteiger partial charge is 0.455 e. The van der Waals surface area contributed by atoms with E-state index in [1.807, 2.05) is 29.5 Å². The van der Waals surface area contributed by atoms with Crippen molar-refractivity contribution in [3.63, 3.8) is 0 Å². The summed E-state index contributed by atoms with van der Waals surface area (Å²) in [5.74, 6) is 0. The van der Waals surface area contributed by atoms with Crippen molar-refractivity contribution in [2.75, 3.05) is 4.90 Å². The monoisotopic (exact) mass is 951 g/mol. The van der Waals surface area contributed by atoms with Crippen molar-refractivity contribution in [1.82, 2.24) is 0 Å². The van der Waals surface area contributed by atoms with Gasteiger partial charge in [0.25, 0.3) is 0 Å². The molecular formula is C69H45NO2S. The molecule has 1 aliphatic rings. The highest BCUT2D eigenvalue weighted by Crippen LogP contribution is 2.52. The minimum Gasteiger partial charge on any atom is -0.455 e. The van der Waals surface area contributed by atoms with Crippen LogP contribution >= 0.6 is 11.3 Å². The van der Waals surface area contributed by atoms with Gasteiger partial charge in [0.2, 0.25) is 0 Å². The number of hydrogen-bond donors (Lipinski definition) is 0. The zero-order valence-corrected chi connectivity index (χ0v) is 41.0. The average molecular weight is 952 g/mol. The van der Waals surface area contributed by atoms with E-state index in [-0.39, 0.29) is 5.41 Å². The van der Waals surface area contributed by atoms with Crippen LogP contribution < -0.4 is 4.90 Å². The van der Waals surface area contributed by atoms with Crippen molar-refractivity contribution in [1.29, 1.82) is 0 Å². The molecule has 3 heterocycles. The smallest absolute Gasteiger partial charge is 0.143 e. The Hall–Kier alpha value is -8.96. The normalized spacial score (nSPS) is 12.9. The molecule has 0 unspecified atom stereocenters. The van der Waals surface area contributed by atoms with Crippen molar-refractivity contribution in [3.8, 4) is 55.6 Å². The highest BCUT2D eigenvalue weighted by atomic mass is 32.1. The van der Waals surface area contributed by atoms with Crippen molar-refractivity contribution in [2.45, 2.75) is 19.3 Å². The number of thiophene rings is 1. The summed E-state index contributed by atoms with van der Waals surface area (Å²) in [4.78, 5) is 2.36. The molecule has 0 fully saturated rings. The number of fused-ring (bicyclic) bond motifs is 12. The third-order valence-electron chi connectivity index (χ3n) is 15.5. The molecule has 15 rings (SSSR count). The Bertz CT molecular complexity index is 4510. The molecule has 3 nitrogen and oxygen atoms in total. The molecular weight excluding hydrogens is 907 g/mol. The Morgan fingerprint density at radius 2 is 0.795 bits per heavy atom. The lowest BCUT2D eigenvalue weighted by Gasteiger charge is -2.26. The van der Waals surface area contributed by atoms with Crippen LogP contribution in [0.3, 0.4) is 0 Å². The van der Waals surface area contributed by atoms with Crippen LogP contribution in [0.2, 0.25) is 0 Å². The highest BCUT2D eigenvalue weighted by molar-refractivity contribution is 7.25. The lowest BCUT2D eigenvalue weighted by atomic mass is 9.81. The standard InChI is InChI=1S/C69H45NO2S/c1-69(2)61-37-28-45(39-59(61)53-36-27-47(41-62(53)69)52-15-10-17-58-55-12-4-7-19-64(55)72-68(52)58)42-21-30-48(31-22-42)70(49-32-23-43(24-33-49)46-29-38-66-60(40-46)56-13-5-8-20-65(56)73-66)50-34-25-44(26-35-50)51-14-9-16-57-54-11-3-6-18-63(54)71-67(51)57/h3-41H,1-2H3. The van der Waals surface area contributed by atoms with Crippen LogP contribution in [0, 0.1) is 0 Å². The average Bonchev–Trinajstić information content (AvgIpc) is 4.19. The Labute approximate surface area is 426 Å².